The van der Waals surface area contributed by atoms with Gasteiger partial charge >= 0.3 is 0 Å². The van der Waals surface area contributed by atoms with Crippen LogP contribution in [0.15, 0.2) is 4.52 Å². The Bertz CT molecular complexity index is 383. The summed E-state index contributed by atoms with van der Waals surface area (Å²) in [4.78, 5) is 6.80. The van der Waals surface area contributed by atoms with Crippen molar-refractivity contribution in [2.45, 2.75) is 32.7 Å². The molecule has 1 aliphatic rings. The van der Waals surface area contributed by atoms with Crippen molar-refractivity contribution in [2.24, 2.45) is 5.92 Å². The van der Waals surface area contributed by atoms with E-state index in [0.717, 1.165) is 57.5 Å². The molecule has 0 aromatic carbocycles. The van der Waals surface area contributed by atoms with E-state index in [9.17, 15) is 0 Å². The van der Waals surface area contributed by atoms with Crippen LogP contribution in [0.3, 0.4) is 0 Å². The first-order valence-corrected chi connectivity index (χ1v) is 7.55. The van der Waals surface area contributed by atoms with E-state index in [1.54, 1.807) is 7.11 Å². The number of nitrogens with one attached hydrogen (secondary N) is 1. The number of hydrogen-bond donors (Lipinski definition) is 1. The average molecular weight is 282 g/mol. The molecule has 6 heteroatoms. The van der Waals surface area contributed by atoms with Crippen molar-refractivity contribution < 1.29 is 9.26 Å². The molecular formula is C14H26N4O2. The topological polar surface area (TPSA) is 63.4 Å². The third kappa shape index (κ3) is 4.85. The normalized spacial score (nSPS) is 20.4. The van der Waals surface area contributed by atoms with Crippen LogP contribution in [0.1, 0.15) is 31.5 Å². The van der Waals surface area contributed by atoms with E-state index < -0.39 is 0 Å². The molecule has 1 aliphatic heterocycles. The lowest BCUT2D eigenvalue weighted by atomic mass is 9.98. The fourth-order valence-corrected chi connectivity index (χ4v) is 2.63. The van der Waals surface area contributed by atoms with E-state index in [1.165, 1.54) is 12.8 Å². The Morgan fingerprint density at radius 2 is 2.40 bits per heavy atom. The van der Waals surface area contributed by atoms with Gasteiger partial charge in [-0.3, -0.25) is 4.90 Å². The van der Waals surface area contributed by atoms with Crippen molar-refractivity contribution in [1.29, 1.82) is 0 Å². The van der Waals surface area contributed by atoms with Crippen molar-refractivity contribution in [1.82, 2.24) is 20.4 Å². The Morgan fingerprint density at radius 1 is 1.50 bits per heavy atom. The minimum Gasteiger partial charge on any atom is -0.383 e. The number of hydrogen-bond acceptors (Lipinski definition) is 6. The van der Waals surface area contributed by atoms with E-state index in [4.69, 9.17) is 9.26 Å². The highest BCUT2D eigenvalue weighted by Gasteiger charge is 2.21. The van der Waals surface area contributed by atoms with Gasteiger partial charge in [-0.1, -0.05) is 12.1 Å². The summed E-state index contributed by atoms with van der Waals surface area (Å²) >= 11 is 0. The summed E-state index contributed by atoms with van der Waals surface area (Å²) in [5, 5.41) is 7.40. The second kappa shape index (κ2) is 8.34. The summed E-state index contributed by atoms with van der Waals surface area (Å²) in [6.45, 7) is 7.81. The molecule has 6 nitrogen and oxygen atoms in total. The highest BCUT2D eigenvalue weighted by molar-refractivity contribution is 4.87. The quantitative estimate of drug-likeness (QED) is 0.720. The van der Waals surface area contributed by atoms with Crippen LogP contribution in [0.2, 0.25) is 0 Å². The maximum absolute atomic E-state index is 5.27. The Balaban J connectivity index is 1.72. The molecule has 0 saturated carbocycles. The van der Waals surface area contributed by atoms with Gasteiger partial charge in [0.05, 0.1) is 13.2 Å². The van der Waals surface area contributed by atoms with E-state index in [2.05, 4.69) is 20.4 Å². The maximum Gasteiger partial charge on any atom is 0.240 e. The van der Waals surface area contributed by atoms with Gasteiger partial charge in [0, 0.05) is 26.6 Å². The molecule has 1 aromatic heterocycles. The lowest BCUT2D eigenvalue weighted by molar-refractivity contribution is 0.145. The Kier molecular flexibility index (Phi) is 6.42. The van der Waals surface area contributed by atoms with Crippen molar-refractivity contribution >= 4 is 0 Å². The van der Waals surface area contributed by atoms with E-state index in [1.807, 2.05) is 6.92 Å². The van der Waals surface area contributed by atoms with Crippen LogP contribution in [0.25, 0.3) is 0 Å². The van der Waals surface area contributed by atoms with Crippen LogP contribution in [-0.2, 0) is 17.7 Å². The van der Waals surface area contributed by atoms with Gasteiger partial charge in [-0.05, 0) is 31.8 Å². The first-order chi connectivity index (χ1) is 9.81. The zero-order valence-corrected chi connectivity index (χ0v) is 12.6. The van der Waals surface area contributed by atoms with Gasteiger partial charge in [0.1, 0.15) is 0 Å². The first-order valence-electron chi connectivity index (χ1n) is 7.55. The Morgan fingerprint density at radius 3 is 3.15 bits per heavy atom. The van der Waals surface area contributed by atoms with Crippen LogP contribution in [0, 0.1) is 5.92 Å². The second-order valence-electron chi connectivity index (χ2n) is 5.40. The van der Waals surface area contributed by atoms with Crippen LogP contribution < -0.4 is 5.32 Å². The molecule has 0 aliphatic carbocycles. The number of rotatable bonds is 8. The lowest BCUT2D eigenvalue weighted by Gasteiger charge is -2.31. The minimum absolute atomic E-state index is 0.703. The molecule has 2 rings (SSSR count). The molecule has 2 heterocycles. The van der Waals surface area contributed by atoms with E-state index in [-0.39, 0.29) is 0 Å². The molecular weight excluding hydrogens is 256 g/mol. The van der Waals surface area contributed by atoms with Crippen molar-refractivity contribution in [3.8, 4) is 0 Å². The second-order valence-corrected chi connectivity index (χ2v) is 5.40. The number of aromatic nitrogens is 2. The standard InChI is InChI=1S/C14H26N4O2/c1-3-13-16-14(20-17-13)11-18-7-4-5-12(10-18)9-15-6-8-19-2/h12,15H,3-11H2,1-2H3. The first kappa shape index (κ1) is 15.4. The predicted octanol–water partition coefficient (Wildman–Crippen LogP) is 1.08. The zero-order chi connectivity index (χ0) is 14.2. The van der Waals surface area contributed by atoms with Gasteiger partial charge in [-0.2, -0.15) is 4.98 Å². The summed E-state index contributed by atoms with van der Waals surface area (Å²) in [6.07, 6.45) is 3.36. The van der Waals surface area contributed by atoms with Crippen LogP contribution in [0.4, 0.5) is 0 Å². The molecule has 1 saturated heterocycles. The van der Waals surface area contributed by atoms with Gasteiger partial charge in [0.2, 0.25) is 5.89 Å². The van der Waals surface area contributed by atoms with Crippen molar-refractivity contribution in [3.05, 3.63) is 11.7 Å². The molecule has 0 radical (unpaired) electrons. The van der Waals surface area contributed by atoms with Crippen LogP contribution >= 0.6 is 0 Å². The van der Waals surface area contributed by atoms with Gasteiger partial charge in [-0.15, -0.1) is 0 Å². The highest BCUT2D eigenvalue weighted by atomic mass is 16.5. The summed E-state index contributed by atoms with van der Waals surface area (Å²) in [6, 6.07) is 0. The lowest BCUT2D eigenvalue weighted by Crippen LogP contribution is -2.39. The Labute approximate surface area is 120 Å². The monoisotopic (exact) mass is 282 g/mol. The zero-order valence-electron chi connectivity index (χ0n) is 12.6. The van der Waals surface area contributed by atoms with Crippen molar-refractivity contribution in [3.63, 3.8) is 0 Å². The third-order valence-electron chi connectivity index (χ3n) is 3.70. The molecule has 1 aromatic rings. The van der Waals surface area contributed by atoms with Crippen LogP contribution in [0.5, 0.6) is 0 Å². The Hall–Kier alpha value is -0.980. The van der Waals surface area contributed by atoms with Gasteiger partial charge in [0.15, 0.2) is 5.82 Å². The highest BCUT2D eigenvalue weighted by Crippen LogP contribution is 2.17. The largest absolute Gasteiger partial charge is 0.383 e. The molecule has 20 heavy (non-hydrogen) atoms. The molecule has 1 atom stereocenters. The molecule has 0 spiro atoms. The predicted molar refractivity (Wildman–Crippen MR) is 76.4 cm³/mol. The smallest absolute Gasteiger partial charge is 0.240 e. The fraction of sp³-hybridized carbons (Fsp3) is 0.857. The minimum atomic E-state index is 0.703. The molecule has 0 bridgehead atoms. The van der Waals surface area contributed by atoms with E-state index >= 15 is 0 Å². The summed E-state index contributed by atoms with van der Waals surface area (Å²) in [5.74, 6) is 2.25. The molecule has 1 fully saturated rings. The van der Waals surface area contributed by atoms with Crippen LogP contribution in [-0.4, -0.2) is 54.9 Å². The van der Waals surface area contributed by atoms with Gasteiger partial charge in [-0.25, -0.2) is 0 Å². The molecule has 1 N–H and O–H groups in total. The summed E-state index contributed by atoms with van der Waals surface area (Å²) in [7, 11) is 1.74. The summed E-state index contributed by atoms with van der Waals surface area (Å²) in [5.41, 5.74) is 0. The number of nitrogens with zero attached hydrogens (tertiary/aromatic N) is 3. The number of methoxy groups -OCH3 is 1. The number of aryl methyl sites for hydroxylation is 1. The van der Waals surface area contributed by atoms with Gasteiger partial charge in [0.25, 0.3) is 0 Å². The maximum atomic E-state index is 5.27. The number of piperidine rings is 1. The fourth-order valence-electron chi connectivity index (χ4n) is 2.63. The number of ether oxygens (including phenoxy) is 1. The third-order valence-corrected chi connectivity index (χ3v) is 3.70. The summed E-state index contributed by atoms with van der Waals surface area (Å²) < 4.78 is 10.3. The average Bonchev–Trinajstić information content (AvgIpc) is 2.92. The molecule has 1 unspecified atom stereocenters. The molecule has 0 amide bonds. The molecule has 114 valence electrons. The SMILES string of the molecule is CCc1noc(CN2CCCC(CNCCOC)C2)n1. The van der Waals surface area contributed by atoms with Gasteiger partial charge < -0.3 is 14.6 Å². The van der Waals surface area contributed by atoms with Crippen molar-refractivity contribution in [2.75, 3.05) is 39.9 Å². The number of likely N-dealkylation sites (tertiary alicyclic amines) is 1. The van der Waals surface area contributed by atoms with E-state index in [0.29, 0.717) is 5.92 Å².